The van der Waals surface area contributed by atoms with E-state index < -0.39 is 5.91 Å². The minimum Gasteiger partial charge on any atom is -0.323 e. The molecule has 2 aromatic heterocycles. The standard InChI is InChI=1S/C16H16ClN5OS2/c1-8-3-4-9-10(6-18)15(25-12(9)5-8)21-16(24)20-14(23)13-11(17)7-19-22(13)2/h7-8H,3-5H2,1-2H3,(H2,20,21,23,24)/t8-/m0/s1. The van der Waals surface area contributed by atoms with Gasteiger partial charge in [0.1, 0.15) is 16.8 Å². The Bertz CT molecular complexity index is 876. The predicted octanol–water partition coefficient (Wildman–Crippen LogP) is 3.26. The highest BCUT2D eigenvalue weighted by Gasteiger charge is 2.25. The number of carbonyl (C=O) groups excluding carboxylic acids is 1. The second kappa shape index (κ2) is 7.12. The zero-order chi connectivity index (χ0) is 18.1. The Morgan fingerprint density at radius 3 is 3.00 bits per heavy atom. The number of thiocarbonyl (C=S) groups is 1. The van der Waals surface area contributed by atoms with Crippen molar-refractivity contribution in [1.29, 1.82) is 5.26 Å². The van der Waals surface area contributed by atoms with Gasteiger partial charge in [-0.1, -0.05) is 18.5 Å². The fourth-order valence-corrected chi connectivity index (χ4v) is 4.80. The number of nitrogens with one attached hydrogen (secondary N) is 2. The summed E-state index contributed by atoms with van der Waals surface area (Å²) in [6.07, 6.45) is 4.36. The molecule has 2 N–H and O–H groups in total. The number of hydrogen-bond donors (Lipinski definition) is 2. The summed E-state index contributed by atoms with van der Waals surface area (Å²) in [4.78, 5) is 13.5. The third kappa shape index (κ3) is 3.54. The van der Waals surface area contributed by atoms with Crippen molar-refractivity contribution < 1.29 is 4.79 Å². The molecule has 130 valence electrons. The lowest BCUT2D eigenvalue weighted by molar-refractivity contribution is 0.0968. The number of aromatic nitrogens is 2. The van der Waals surface area contributed by atoms with Crippen LogP contribution in [-0.4, -0.2) is 20.8 Å². The van der Waals surface area contributed by atoms with E-state index in [0.717, 1.165) is 24.8 Å². The Hall–Kier alpha value is -1.95. The van der Waals surface area contributed by atoms with E-state index in [2.05, 4.69) is 28.7 Å². The zero-order valence-electron chi connectivity index (χ0n) is 13.7. The molecule has 2 heterocycles. The van der Waals surface area contributed by atoms with E-state index in [9.17, 15) is 10.1 Å². The molecule has 0 bridgehead atoms. The fourth-order valence-electron chi connectivity index (χ4n) is 2.92. The van der Waals surface area contributed by atoms with Crippen LogP contribution in [0.2, 0.25) is 5.02 Å². The number of carbonyl (C=O) groups is 1. The van der Waals surface area contributed by atoms with E-state index in [0.29, 0.717) is 16.5 Å². The van der Waals surface area contributed by atoms with Gasteiger partial charge in [-0.15, -0.1) is 11.3 Å². The number of fused-ring (bicyclic) bond motifs is 1. The first kappa shape index (κ1) is 17.9. The number of thiophene rings is 1. The molecule has 0 fully saturated rings. The summed E-state index contributed by atoms with van der Waals surface area (Å²) in [6, 6.07) is 2.26. The van der Waals surface area contributed by atoms with Crippen molar-refractivity contribution in [3.8, 4) is 6.07 Å². The van der Waals surface area contributed by atoms with E-state index in [1.165, 1.54) is 27.1 Å². The van der Waals surface area contributed by atoms with Crippen LogP contribution >= 0.6 is 35.2 Å². The average Bonchev–Trinajstić information content (AvgIpc) is 3.05. The number of nitriles is 1. The molecular formula is C16H16ClN5OS2. The molecule has 3 rings (SSSR count). The van der Waals surface area contributed by atoms with Crippen LogP contribution in [0.5, 0.6) is 0 Å². The molecule has 9 heteroatoms. The molecular weight excluding hydrogens is 378 g/mol. The van der Waals surface area contributed by atoms with E-state index in [1.807, 2.05) is 0 Å². The summed E-state index contributed by atoms with van der Waals surface area (Å²) in [6.45, 7) is 2.21. The minimum atomic E-state index is -0.448. The predicted molar refractivity (Wildman–Crippen MR) is 102 cm³/mol. The van der Waals surface area contributed by atoms with Crippen molar-refractivity contribution in [2.75, 3.05) is 5.32 Å². The second-order valence-corrected chi connectivity index (χ2v) is 7.96. The van der Waals surface area contributed by atoms with Crippen molar-refractivity contribution in [3.05, 3.63) is 32.9 Å². The van der Waals surface area contributed by atoms with Gasteiger partial charge in [0.05, 0.1) is 16.8 Å². The maximum atomic E-state index is 12.3. The summed E-state index contributed by atoms with van der Waals surface area (Å²) >= 11 is 12.7. The Balaban J connectivity index is 1.76. The summed E-state index contributed by atoms with van der Waals surface area (Å²) in [5.41, 5.74) is 1.96. The van der Waals surface area contributed by atoms with Crippen LogP contribution in [0.1, 0.15) is 39.8 Å². The molecule has 0 radical (unpaired) electrons. The Labute approximate surface area is 159 Å². The van der Waals surface area contributed by atoms with E-state index in [1.54, 1.807) is 7.05 Å². The second-order valence-electron chi connectivity index (χ2n) is 6.04. The van der Waals surface area contributed by atoms with Crippen LogP contribution in [0.3, 0.4) is 0 Å². The maximum absolute atomic E-state index is 12.3. The van der Waals surface area contributed by atoms with Gasteiger partial charge in [-0.2, -0.15) is 10.4 Å². The SMILES string of the molecule is C[C@H]1CCc2c(sc(NC(=S)NC(=O)c3c(Cl)cnn3C)c2C#N)C1. The van der Waals surface area contributed by atoms with Crippen molar-refractivity contribution >= 4 is 51.2 Å². The quantitative estimate of drug-likeness (QED) is 0.765. The largest absolute Gasteiger partial charge is 0.323 e. The van der Waals surface area contributed by atoms with Gasteiger partial charge in [-0.05, 0) is 43.0 Å². The molecule has 1 atom stereocenters. The molecule has 0 spiro atoms. The number of rotatable bonds is 2. The summed E-state index contributed by atoms with van der Waals surface area (Å²) in [7, 11) is 1.62. The van der Waals surface area contributed by atoms with Crippen LogP contribution in [0.15, 0.2) is 6.20 Å². The highest BCUT2D eigenvalue weighted by atomic mass is 35.5. The van der Waals surface area contributed by atoms with Gasteiger partial charge in [-0.3, -0.25) is 14.8 Å². The Morgan fingerprint density at radius 2 is 2.36 bits per heavy atom. The van der Waals surface area contributed by atoms with Crippen molar-refractivity contribution in [2.45, 2.75) is 26.2 Å². The van der Waals surface area contributed by atoms with Crippen molar-refractivity contribution in [1.82, 2.24) is 15.1 Å². The number of halogens is 1. The highest BCUT2D eigenvalue weighted by Crippen LogP contribution is 2.39. The lowest BCUT2D eigenvalue weighted by Crippen LogP contribution is -2.35. The third-order valence-corrected chi connectivity index (χ3v) is 5.84. The monoisotopic (exact) mass is 393 g/mol. The molecule has 25 heavy (non-hydrogen) atoms. The van der Waals surface area contributed by atoms with Crippen molar-refractivity contribution in [3.63, 3.8) is 0 Å². The summed E-state index contributed by atoms with van der Waals surface area (Å²) < 4.78 is 1.38. The average molecular weight is 394 g/mol. The van der Waals surface area contributed by atoms with Crippen LogP contribution in [-0.2, 0) is 19.9 Å². The van der Waals surface area contributed by atoms with Crippen LogP contribution < -0.4 is 10.6 Å². The number of amides is 1. The van der Waals surface area contributed by atoms with E-state index >= 15 is 0 Å². The first-order valence-corrected chi connectivity index (χ1v) is 9.35. The third-order valence-electron chi connectivity index (χ3n) is 4.19. The number of nitrogens with zero attached hydrogens (tertiary/aromatic N) is 3. The first-order valence-electron chi connectivity index (χ1n) is 7.75. The molecule has 6 nitrogen and oxygen atoms in total. The van der Waals surface area contributed by atoms with Gasteiger partial charge in [-0.25, -0.2) is 0 Å². The van der Waals surface area contributed by atoms with Gasteiger partial charge in [0.15, 0.2) is 5.11 Å². The van der Waals surface area contributed by atoms with Gasteiger partial charge in [0, 0.05) is 11.9 Å². The minimum absolute atomic E-state index is 0.130. The van der Waals surface area contributed by atoms with Gasteiger partial charge in [0.25, 0.3) is 5.91 Å². The zero-order valence-corrected chi connectivity index (χ0v) is 16.1. The van der Waals surface area contributed by atoms with Gasteiger partial charge < -0.3 is 5.32 Å². The van der Waals surface area contributed by atoms with Crippen molar-refractivity contribution in [2.24, 2.45) is 13.0 Å². The topological polar surface area (TPSA) is 82.7 Å². The Morgan fingerprint density at radius 1 is 1.60 bits per heavy atom. The molecule has 0 aliphatic heterocycles. The van der Waals surface area contributed by atoms with Crippen LogP contribution in [0.4, 0.5) is 5.00 Å². The molecule has 0 unspecified atom stereocenters. The fraction of sp³-hybridized carbons (Fsp3) is 0.375. The van der Waals surface area contributed by atoms with E-state index in [-0.39, 0.29) is 15.8 Å². The van der Waals surface area contributed by atoms with Gasteiger partial charge >= 0.3 is 0 Å². The summed E-state index contributed by atoms with van der Waals surface area (Å²) in [5, 5.41) is 20.1. The first-order chi connectivity index (χ1) is 11.9. The van der Waals surface area contributed by atoms with Gasteiger partial charge in [0.2, 0.25) is 0 Å². The molecule has 1 aliphatic rings. The number of anilines is 1. The lowest BCUT2D eigenvalue weighted by atomic mass is 9.89. The molecule has 0 saturated carbocycles. The van der Waals surface area contributed by atoms with E-state index in [4.69, 9.17) is 23.8 Å². The molecule has 1 amide bonds. The smallest absolute Gasteiger partial charge is 0.277 e. The normalized spacial score (nSPS) is 16.0. The number of hydrogen-bond acceptors (Lipinski definition) is 5. The molecule has 1 aliphatic carbocycles. The maximum Gasteiger partial charge on any atom is 0.277 e. The van der Waals surface area contributed by atoms with Crippen LogP contribution in [0, 0.1) is 17.2 Å². The Kier molecular flexibility index (Phi) is 5.08. The number of aryl methyl sites for hydroxylation is 1. The highest BCUT2D eigenvalue weighted by molar-refractivity contribution is 7.80. The molecule has 2 aromatic rings. The lowest BCUT2D eigenvalue weighted by Gasteiger charge is -2.17. The summed E-state index contributed by atoms with van der Waals surface area (Å²) in [5.74, 6) is 0.167. The molecule has 0 saturated heterocycles. The van der Waals surface area contributed by atoms with Crippen LogP contribution in [0.25, 0.3) is 0 Å². The molecule has 0 aromatic carbocycles.